The zero-order valence-electron chi connectivity index (χ0n) is 12.2. The van der Waals surface area contributed by atoms with E-state index in [1.165, 1.54) is 0 Å². The second-order valence-corrected chi connectivity index (χ2v) is 4.64. The van der Waals surface area contributed by atoms with Crippen molar-refractivity contribution < 1.29 is 9.53 Å². The maximum atomic E-state index is 11.8. The molecule has 0 aliphatic rings. The first-order valence-corrected chi connectivity index (χ1v) is 6.76. The van der Waals surface area contributed by atoms with Crippen molar-refractivity contribution in [3.8, 4) is 5.75 Å². The summed E-state index contributed by atoms with van der Waals surface area (Å²) in [7, 11) is 1.66. The van der Waals surface area contributed by atoms with Crippen LogP contribution >= 0.6 is 0 Å². The lowest BCUT2D eigenvalue weighted by molar-refractivity contribution is -0.122. The van der Waals surface area contributed by atoms with E-state index in [4.69, 9.17) is 4.74 Å². The molecule has 0 bridgehead atoms. The SMILES string of the molecule is CCCNC(=O)C(C)N[C@H](C)c1ccccc1OC. The highest BCUT2D eigenvalue weighted by atomic mass is 16.5. The third kappa shape index (κ3) is 4.56. The number of hydrogen-bond acceptors (Lipinski definition) is 3. The number of benzene rings is 1. The Kier molecular flexibility index (Phi) is 6.36. The Morgan fingerprint density at radius 1 is 1.32 bits per heavy atom. The Labute approximate surface area is 115 Å². The summed E-state index contributed by atoms with van der Waals surface area (Å²) in [4.78, 5) is 11.8. The normalized spacial score (nSPS) is 13.7. The summed E-state index contributed by atoms with van der Waals surface area (Å²) in [5.74, 6) is 0.868. The number of amides is 1. The molecule has 2 atom stereocenters. The number of rotatable bonds is 7. The van der Waals surface area contributed by atoms with E-state index in [0.29, 0.717) is 6.54 Å². The molecule has 2 N–H and O–H groups in total. The molecule has 0 aromatic heterocycles. The smallest absolute Gasteiger partial charge is 0.236 e. The first-order valence-electron chi connectivity index (χ1n) is 6.76. The lowest BCUT2D eigenvalue weighted by Crippen LogP contribution is -2.43. The van der Waals surface area contributed by atoms with E-state index in [0.717, 1.165) is 17.7 Å². The number of nitrogens with one attached hydrogen (secondary N) is 2. The quantitative estimate of drug-likeness (QED) is 0.794. The average Bonchev–Trinajstić information content (AvgIpc) is 2.44. The molecule has 1 aromatic rings. The molecule has 0 aliphatic carbocycles. The van der Waals surface area contributed by atoms with Crippen LogP contribution in [0.4, 0.5) is 0 Å². The van der Waals surface area contributed by atoms with Crippen molar-refractivity contribution in [1.29, 1.82) is 0 Å². The van der Waals surface area contributed by atoms with Crippen molar-refractivity contribution in [3.05, 3.63) is 29.8 Å². The van der Waals surface area contributed by atoms with Crippen LogP contribution in [0.2, 0.25) is 0 Å². The third-order valence-corrected chi connectivity index (χ3v) is 3.05. The van der Waals surface area contributed by atoms with Gasteiger partial charge >= 0.3 is 0 Å². The van der Waals surface area contributed by atoms with E-state index in [-0.39, 0.29) is 18.0 Å². The van der Waals surface area contributed by atoms with E-state index in [9.17, 15) is 4.79 Å². The molecule has 1 aromatic carbocycles. The monoisotopic (exact) mass is 264 g/mol. The summed E-state index contributed by atoms with van der Waals surface area (Å²) >= 11 is 0. The molecular formula is C15H24N2O2. The van der Waals surface area contributed by atoms with Crippen LogP contribution in [0.3, 0.4) is 0 Å². The van der Waals surface area contributed by atoms with Gasteiger partial charge in [0, 0.05) is 18.2 Å². The summed E-state index contributed by atoms with van der Waals surface area (Å²) in [5.41, 5.74) is 1.06. The van der Waals surface area contributed by atoms with Crippen molar-refractivity contribution in [3.63, 3.8) is 0 Å². The molecular weight excluding hydrogens is 240 g/mol. The first kappa shape index (κ1) is 15.5. The number of carbonyl (C=O) groups excluding carboxylic acids is 1. The van der Waals surface area contributed by atoms with Gasteiger partial charge in [0.25, 0.3) is 0 Å². The fourth-order valence-electron chi connectivity index (χ4n) is 1.97. The fourth-order valence-corrected chi connectivity index (χ4v) is 1.97. The Hall–Kier alpha value is -1.55. The van der Waals surface area contributed by atoms with Gasteiger partial charge in [-0.15, -0.1) is 0 Å². The predicted molar refractivity (Wildman–Crippen MR) is 77.3 cm³/mol. The molecule has 0 heterocycles. The van der Waals surface area contributed by atoms with Gasteiger partial charge in [0.1, 0.15) is 5.75 Å². The minimum Gasteiger partial charge on any atom is -0.496 e. The van der Waals surface area contributed by atoms with Crippen LogP contribution in [0.5, 0.6) is 5.75 Å². The van der Waals surface area contributed by atoms with Crippen LogP contribution in [0.15, 0.2) is 24.3 Å². The molecule has 1 rings (SSSR count). The van der Waals surface area contributed by atoms with Gasteiger partial charge in [-0.3, -0.25) is 10.1 Å². The third-order valence-electron chi connectivity index (χ3n) is 3.05. The second kappa shape index (κ2) is 7.79. The Balaban J connectivity index is 2.63. The Bertz CT molecular complexity index is 407. The van der Waals surface area contributed by atoms with E-state index >= 15 is 0 Å². The molecule has 4 nitrogen and oxygen atoms in total. The maximum Gasteiger partial charge on any atom is 0.236 e. The molecule has 106 valence electrons. The highest BCUT2D eigenvalue weighted by molar-refractivity contribution is 5.81. The van der Waals surface area contributed by atoms with Crippen LogP contribution in [-0.2, 0) is 4.79 Å². The number of ether oxygens (including phenoxy) is 1. The maximum absolute atomic E-state index is 11.8. The summed E-state index contributed by atoms with van der Waals surface area (Å²) in [5, 5.41) is 6.17. The van der Waals surface area contributed by atoms with Gasteiger partial charge in [0.2, 0.25) is 5.91 Å². The Morgan fingerprint density at radius 2 is 2.00 bits per heavy atom. The summed E-state index contributed by atoms with van der Waals surface area (Å²) in [6.07, 6.45) is 0.945. The van der Waals surface area contributed by atoms with Gasteiger partial charge in [0.05, 0.1) is 13.2 Å². The van der Waals surface area contributed by atoms with Crippen molar-refractivity contribution in [2.75, 3.05) is 13.7 Å². The molecule has 0 aliphatic heterocycles. The second-order valence-electron chi connectivity index (χ2n) is 4.64. The van der Waals surface area contributed by atoms with Crippen molar-refractivity contribution in [2.24, 2.45) is 0 Å². The number of methoxy groups -OCH3 is 1. The lowest BCUT2D eigenvalue weighted by atomic mass is 10.1. The zero-order chi connectivity index (χ0) is 14.3. The molecule has 19 heavy (non-hydrogen) atoms. The van der Waals surface area contributed by atoms with Crippen LogP contribution in [0.25, 0.3) is 0 Å². The summed E-state index contributed by atoms with van der Waals surface area (Å²) in [6.45, 7) is 6.65. The molecule has 0 spiro atoms. The molecule has 0 radical (unpaired) electrons. The Morgan fingerprint density at radius 3 is 2.63 bits per heavy atom. The predicted octanol–water partition coefficient (Wildman–Crippen LogP) is 2.26. The molecule has 0 saturated carbocycles. The highest BCUT2D eigenvalue weighted by Gasteiger charge is 2.17. The van der Waals surface area contributed by atoms with E-state index in [2.05, 4.69) is 10.6 Å². The molecule has 1 amide bonds. The van der Waals surface area contributed by atoms with Crippen LogP contribution in [0, 0.1) is 0 Å². The van der Waals surface area contributed by atoms with Crippen molar-refractivity contribution >= 4 is 5.91 Å². The summed E-state index contributed by atoms with van der Waals surface area (Å²) in [6, 6.07) is 7.66. The van der Waals surface area contributed by atoms with E-state index in [1.54, 1.807) is 7.11 Å². The van der Waals surface area contributed by atoms with Gasteiger partial charge in [0.15, 0.2) is 0 Å². The highest BCUT2D eigenvalue weighted by Crippen LogP contribution is 2.24. The van der Waals surface area contributed by atoms with Crippen LogP contribution in [0.1, 0.15) is 38.8 Å². The van der Waals surface area contributed by atoms with Crippen LogP contribution < -0.4 is 15.4 Å². The van der Waals surface area contributed by atoms with Crippen molar-refractivity contribution in [2.45, 2.75) is 39.3 Å². The molecule has 0 fully saturated rings. The van der Waals surface area contributed by atoms with Crippen molar-refractivity contribution in [1.82, 2.24) is 10.6 Å². The first-order chi connectivity index (χ1) is 9.10. The topological polar surface area (TPSA) is 50.4 Å². The average molecular weight is 264 g/mol. The van der Waals surface area contributed by atoms with Gasteiger partial charge in [-0.1, -0.05) is 25.1 Å². The van der Waals surface area contributed by atoms with Gasteiger partial charge in [-0.2, -0.15) is 0 Å². The standard InChI is InChI=1S/C15H24N2O2/c1-5-10-16-15(18)12(3)17-11(2)13-8-6-7-9-14(13)19-4/h6-9,11-12,17H,5,10H2,1-4H3,(H,16,18)/t11-,12?/m1/s1. The minimum atomic E-state index is -0.230. The van der Waals surface area contributed by atoms with Crippen LogP contribution in [-0.4, -0.2) is 25.6 Å². The lowest BCUT2D eigenvalue weighted by Gasteiger charge is -2.21. The van der Waals surface area contributed by atoms with E-state index < -0.39 is 0 Å². The zero-order valence-corrected chi connectivity index (χ0v) is 12.2. The van der Waals surface area contributed by atoms with Gasteiger partial charge < -0.3 is 10.1 Å². The van der Waals surface area contributed by atoms with Gasteiger partial charge in [-0.05, 0) is 26.3 Å². The van der Waals surface area contributed by atoms with E-state index in [1.807, 2.05) is 45.0 Å². The minimum absolute atomic E-state index is 0.0311. The van der Waals surface area contributed by atoms with Gasteiger partial charge in [-0.25, -0.2) is 0 Å². The number of hydrogen-bond donors (Lipinski definition) is 2. The number of carbonyl (C=O) groups is 1. The molecule has 4 heteroatoms. The largest absolute Gasteiger partial charge is 0.496 e. The molecule has 1 unspecified atom stereocenters. The summed E-state index contributed by atoms with van der Waals surface area (Å²) < 4.78 is 5.33. The fraction of sp³-hybridized carbons (Fsp3) is 0.533. The molecule has 0 saturated heterocycles. The number of para-hydroxylation sites is 1.